The van der Waals surface area contributed by atoms with Crippen molar-refractivity contribution in [1.29, 1.82) is 0 Å². The zero-order chi connectivity index (χ0) is 83.9. The Morgan fingerprint density at radius 1 is 0.218 bits per heavy atom. The maximum absolute atomic E-state index is 4.67. The van der Waals surface area contributed by atoms with Gasteiger partial charge in [0.1, 0.15) is 37.0 Å². The third-order valence-electron chi connectivity index (χ3n) is 23.7. The average molecular weight is 1580 g/mol. The fraction of sp³-hybridized carbons (Fsp3) is 0.248. The van der Waals surface area contributed by atoms with Crippen LogP contribution in [-0.4, -0.2) is 92.9 Å². The van der Waals surface area contributed by atoms with E-state index in [4.69, 9.17) is 0 Å². The van der Waals surface area contributed by atoms with E-state index >= 15 is 0 Å². The van der Waals surface area contributed by atoms with Crippen molar-refractivity contribution < 1.29 is 0 Å². The van der Waals surface area contributed by atoms with E-state index in [-0.39, 0.29) is 30.8 Å². The summed E-state index contributed by atoms with van der Waals surface area (Å²) in [5, 5.41) is 0. The Balaban J connectivity index is 0.000000118. The van der Waals surface area contributed by atoms with E-state index in [1.807, 2.05) is 36.7 Å². The lowest BCUT2D eigenvalue weighted by atomic mass is 10.0. The molecule has 119 heavy (non-hydrogen) atoms. The van der Waals surface area contributed by atoms with Crippen molar-refractivity contribution in [3.63, 3.8) is 0 Å². The molecule has 10 heterocycles. The number of para-hydroxylation sites is 7. The molecule has 606 valence electrons. The molecule has 18 nitrogen and oxygen atoms in total. The quantitative estimate of drug-likeness (QED) is 0.136. The van der Waals surface area contributed by atoms with Crippen LogP contribution in [0.2, 0.25) is 0 Å². The highest BCUT2D eigenvalue weighted by Crippen LogP contribution is 2.49. The van der Waals surface area contributed by atoms with E-state index in [1.165, 1.54) is 107 Å². The predicted molar refractivity (Wildman–Crippen MR) is 498 cm³/mol. The average Bonchev–Trinajstić information content (AvgIpc) is 1.60. The van der Waals surface area contributed by atoms with Gasteiger partial charge in [0.05, 0.1) is 11.4 Å². The fourth-order valence-corrected chi connectivity index (χ4v) is 16.7. The van der Waals surface area contributed by atoms with Crippen LogP contribution in [0, 0.1) is 69.2 Å². The summed E-state index contributed by atoms with van der Waals surface area (Å²) in [6, 6.07) is 82.3. The highest BCUT2D eigenvalue weighted by Gasteiger charge is 2.40. The smallest absolute Gasteiger partial charge is 0.178 e. The van der Waals surface area contributed by atoms with Crippen LogP contribution in [0.5, 0.6) is 0 Å². The maximum Gasteiger partial charge on any atom is 0.178 e. The van der Waals surface area contributed by atoms with Gasteiger partial charge < -0.3 is 58.8 Å². The second kappa shape index (κ2) is 35.9. The Morgan fingerprint density at radius 3 is 0.992 bits per heavy atom. The molecule has 6 aliphatic rings. The third-order valence-corrected chi connectivity index (χ3v) is 23.7. The number of aryl methyl sites for hydroxylation is 8. The Morgan fingerprint density at radius 2 is 0.538 bits per heavy atom. The molecule has 6 atom stereocenters. The molecular formula is C101H112N18. The molecule has 0 saturated carbocycles. The van der Waals surface area contributed by atoms with Crippen molar-refractivity contribution in [1.82, 2.24) is 34.8 Å². The lowest BCUT2D eigenvalue weighted by Gasteiger charge is -2.31. The van der Waals surface area contributed by atoms with Crippen LogP contribution in [0.3, 0.4) is 0 Å². The van der Waals surface area contributed by atoms with Crippen LogP contribution in [0.1, 0.15) is 97.2 Å². The number of aromatic nitrogens is 6. The van der Waals surface area contributed by atoms with Gasteiger partial charge in [0.25, 0.3) is 0 Å². The van der Waals surface area contributed by atoms with Gasteiger partial charge in [-0.1, -0.05) is 140 Å². The summed E-state index contributed by atoms with van der Waals surface area (Å²) >= 11 is 0. The highest BCUT2D eigenvalue weighted by molar-refractivity contribution is 5.88. The summed E-state index contributed by atoms with van der Waals surface area (Å²) in [6.07, 6.45) is 20.8. The summed E-state index contributed by atoms with van der Waals surface area (Å²) in [5.74, 6) is 5.72. The largest absolute Gasteiger partial charge is 0.359 e. The molecule has 0 bridgehead atoms. The van der Waals surface area contributed by atoms with Gasteiger partial charge in [-0.05, 0) is 263 Å². The van der Waals surface area contributed by atoms with Crippen LogP contribution < -0.4 is 53.9 Å². The SMILES string of the molecule is Cc1cc(C)c(C)c(N2C=CN(C)[C@@H]2C)c1.Cc1cc(C)c(C)c(N2C=CN(c3ccccc3)[C@@H]2C)c1.Cc1ccccc1N1c2ncccc2N(C)[C@@H]1C.Cc1ccccc1N1c2ncccc2N(c2ccccc2)[C@@H]1C.Cc1ccccc1N1c2nccnc2N(C)[C@@H]1C.Cc1ccccc1N1c2nccnc2N(c2ccccc2)[C@@H]1C. The summed E-state index contributed by atoms with van der Waals surface area (Å²) in [5.41, 5.74) is 26.4. The first kappa shape index (κ1) is 82.1. The van der Waals surface area contributed by atoms with Gasteiger partial charge in [0.15, 0.2) is 34.9 Å². The van der Waals surface area contributed by atoms with Crippen molar-refractivity contribution in [3.8, 4) is 0 Å². The second-order valence-electron chi connectivity index (χ2n) is 31.4. The first-order chi connectivity index (χ1) is 57.5. The number of nitrogens with zero attached hydrogens (tertiary/aromatic N) is 18. The van der Waals surface area contributed by atoms with Crippen LogP contribution in [0.25, 0.3) is 0 Å². The minimum Gasteiger partial charge on any atom is -0.359 e. The molecule has 0 spiro atoms. The van der Waals surface area contributed by atoms with Crippen LogP contribution >= 0.6 is 0 Å². The Bertz CT molecular complexity index is 5470. The Labute approximate surface area is 705 Å². The summed E-state index contributed by atoms with van der Waals surface area (Å²) in [4.78, 5) is 54.6. The minimum atomic E-state index is 0.107. The molecule has 19 rings (SSSR count). The van der Waals surface area contributed by atoms with E-state index in [9.17, 15) is 0 Å². The van der Waals surface area contributed by atoms with Crippen LogP contribution in [0.4, 0.5) is 97.5 Å². The zero-order valence-electron chi connectivity index (χ0n) is 72.3. The number of benzene rings is 9. The zero-order valence-corrected chi connectivity index (χ0v) is 72.3. The van der Waals surface area contributed by atoms with E-state index < -0.39 is 0 Å². The highest BCUT2D eigenvalue weighted by atomic mass is 15.5. The minimum absolute atomic E-state index is 0.107. The molecule has 0 saturated heterocycles. The number of hydrogen-bond donors (Lipinski definition) is 0. The number of hydrogen-bond acceptors (Lipinski definition) is 18. The molecule has 18 heteroatoms. The fourth-order valence-electron chi connectivity index (χ4n) is 16.7. The molecule has 4 aromatic heterocycles. The maximum atomic E-state index is 4.67. The first-order valence-corrected chi connectivity index (χ1v) is 41.2. The van der Waals surface area contributed by atoms with E-state index in [0.29, 0.717) is 6.17 Å². The summed E-state index contributed by atoms with van der Waals surface area (Å²) in [7, 11) is 6.28. The van der Waals surface area contributed by atoms with Gasteiger partial charge in [-0.25, -0.2) is 29.9 Å². The van der Waals surface area contributed by atoms with Crippen molar-refractivity contribution in [2.75, 3.05) is 75.0 Å². The molecule has 0 N–H and O–H groups in total. The molecule has 0 unspecified atom stereocenters. The van der Waals surface area contributed by atoms with Gasteiger partial charge >= 0.3 is 0 Å². The van der Waals surface area contributed by atoms with Gasteiger partial charge in [-0.15, -0.1) is 0 Å². The Kier molecular flexibility index (Phi) is 24.8. The van der Waals surface area contributed by atoms with Gasteiger partial charge in [0.2, 0.25) is 0 Å². The Hall–Kier alpha value is -13.5. The van der Waals surface area contributed by atoms with Crippen molar-refractivity contribution in [2.45, 2.75) is 148 Å². The van der Waals surface area contributed by atoms with Crippen LogP contribution in [-0.2, 0) is 0 Å². The number of rotatable bonds is 9. The molecular weight excluding hydrogens is 1470 g/mol. The monoisotopic (exact) mass is 1580 g/mol. The lowest BCUT2D eigenvalue weighted by Crippen LogP contribution is -2.36. The molecule has 6 aliphatic heterocycles. The molecule has 0 radical (unpaired) electrons. The molecule has 13 aromatic rings. The standard InChI is InChI=1S/C20H19N3.C19H18N4.C19H22N2.C15H17N3.C14H16N4.C14H20N2/c1-15-9-6-7-12-18(15)23-16(2)22(17-10-4-3-5-11-17)19-13-8-14-21-20(19)23;1-14-8-6-7-11-17(14)23-15(2)22(16-9-4-3-5-10-16)18-19(23)21-13-12-20-18;1-14-12-15(2)16(3)19(13-14)21-11-10-20(17(21)4)18-8-6-5-7-9-18;1-11-7-4-5-8-13(11)18-12(2)17(3)14-9-6-10-16-15(14)18;1-10-6-4-5-7-12(10)18-11(2)17(3)13-14(18)16-9-8-15-13;1-10-8-11(2)12(3)14(9-10)16-7-6-15(5)13(16)4/h3-14,16H,1-2H3;3-13,15H,1-2H3;5-13,17H,1-4H3;4-10,12H,1-3H3;4-9,11H,1-3H3;6-9,13H,1-5H3/t16-;15-;17-;12-;11-;13-/m000000/s1. The molecule has 0 amide bonds. The van der Waals surface area contributed by atoms with Gasteiger partial charge in [-0.3, -0.25) is 0 Å². The summed E-state index contributed by atoms with van der Waals surface area (Å²) in [6.45, 7) is 34.9. The molecule has 0 fully saturated rings. The summed E-state index contributed by atoms with van der Waals surface area (Å²) < 4.78 is 0. The van der Waals surface area contributed by atoms with Crippen LogP contribution in [0.15, 0.2) is 299 Å². The van der Waals surface area contributed by atoms with Crippen molar-refractivity contribution in [2.24, 2.45) is 0 Å². The number of pyridine rings is 2. The number of fused-ring (bicyclic) bond motifs is 4. The topological polar surface area (TPSA) is 116 Å². The molecule has 0 aliphatic carbocycles. The van der Waals surface area contributed by atoms with E-state index in [0.717, 1.165) is 46.3 Å². The number of anilines is 17. The molecule has 9 aromatic carbocycles. The van der Waals surface area contributed by atoms with E-state index in [2.05, 4.69) is 458 Å². The lowest BCUT2D eigenvalue weighted by molar-refractivity contribution is 0.383. The second-order valence-corrected chi connectivity index (χ2v) is 31.4. The van der Waals surface area contributed by atoms with Crippen molar-refractivity contribution >= 4 is 97.5 Å². The van der Waals surface area contributed by atoms with Gasteiger partial charge in [0, 0.05) is 134 Å². The van der Waals surface area contributed by atoms with Crippen molar-refractivity contribution in [3.05, 3.63) is 354 Å². The third kappa shape index (κ3) is 16.7. The normalized spacial score (nSPS) is 17.6. The predicted octanol–water partition coefficient (Wildman–Crippen LogP) is 23.4. The first-order valence-electron chi connectivity index (χ1n) is 41.2. The van der Waals surface area contributed by atoms with E-state index in [1.54, 1.807) is 24.8 Å². The van der Waals surface area contributed by atoms with Gasteiger partial charge in [-0.2, -0.15) is 0 Å².